The van der Waals surface area contributed by atoms with E-state index in [1.165, 1.54) is 0 Å². The minimum Gasteiger partial charge on any atom is -0.348 e. The van der Waals surface area contributed by atoms with Gasteiger partial charge < -0.3 is 16.4 Å². The molecule has 0 heterocycles. The summed E-state index contributed by atoms with van der Waals surface area (Å²) in [5, 5.41) is 6.32. The van der Waals surface area contributed by atoms with Gasteiger partial charge in [-0.05, 0) is 55.2 Å². The Morgan fingerprint density at radius 1 is 1.08 bits per heavy atom. The van der Waals surface area contributed by atoms with Gasteiger partial charge in [0.25, 0.3) is 11.8 Å². The van der Waals surface area contributed by atoms with E-state index in [1.807, 2.05) is 0 Å². The molecular formula is C19H20ClN3O2. The molecule has 0 aliphatic heterocycles. The van der Waals surface area contributed by atoms with Crippen molar-refractivity contribution in [1.29, 1.82) is 0 Å². The molecule has 1 unspecified atom stereocenters. The number of nitrogens with two attached hydrogens (primary N) is 1. The standard InChI is InChI=1S/C19H20ClN3O2/c20-14-9-7-13(8-10-14)18(24)22-16-4-2-1-3-15(16)19(25)23-17(11-21)12-5-6-12/h1-4,7-10,12,17H,5-6,11,21H2,(H,22,24)(H,23,25). The van der Waals surface area contributed by atoms with Crippen LogP contribution in [-0.2, 0) is 0 Å². The molecule has 5 nitrogen and oxygen atoms in total. The summed E-state index contributed by atoms with van der Waals surface area (Å²) in [5.41, 5.74) is 7.11. The van der Waals surface area contributed by atoms with Gasteiger partial charge in [0.2, 0.25) is 0 Å². The Balaban J connectivity index is 1.74. The lowest BCUT2D eigenvalue weighted by atomic mass is 10.1. The molecule has 4 N–H and O–H groups in total. The molecule has 1 aliphatic rings. The molecule has 2 aromatic rings. The monoisotopic (exact) mass is 357 g/mol. The Hall–Kier alpha value is -2.37. The number of carbonyl (C=O) groups excluding carboxylic acids is 2. The van der Waals surface area contributed by atoms with Gasteiger partial charge in [0, 0.05) is 23.2 Å². The highest BCUT2D eigenvalue weighted by molar-refractivity contribution is 6.30. The van der Waals surface area contributed by atoms with Crippen LogP contribution < -0.4 is 16.4 Å². The average molecular weight is 358 g/mol. The summed E-state index contributed by atoms with van der Waals surface area (Å²) in [6.45, 7) is 0.412. The number of hydrogen-bond acceptors (Lipinski definition) is 3. The summed E-state index contributed by atoms with van der Waals surface area (Å²) < 4.78 is 0. The molecule has 1 saturated carbocycles. The molecule has 2 aromatic carbocycles. The predicted molar refractivity (Wildman–Crippen MR) is 98.9 cm³/mol. The summed E-state index contributed by atoms with van der Waals surface area (Å²) in [6, 6.07) is 13.5. The van der Waals surface area contributed by atoms with E-state index < -0.39 is 0 Å². The third kappa shape index (κ3) is 4.38. The zero-order chi connectivity index (χ0) is 17.8. The topological polar surface area (TPSA) is 84.2 Å². The van der Waals surface area contributed by atoms with E-state index in [9.17, 15) is 9.59 Å². The van der Waals surface area contributed by atoms with Gasteiger partial charge in [-0.25, -0.2) is 0 Å². The second kappa shape index (κ2) is 7.68. The van der Waals surface area contributed by atoms with E-state index in [4.69, 9.17) is 17.3 Å². The number of amides is 2. The van der Waals surface area contributed by atoms with Gasteiger partial charge in [0.1, 0.15) is 0 Å². The molecule has 1 aliphatic carbocycles. The maximum absolute atomic E-state index is 12.6. The Bertz CT molecular complexity index is 772. The van der Waals surface area contributed by atoms with E-state index in [0.717, 1.165) is 12.8 Å². The highest BCUT2D eigenvalue weighted by Crippen LogP contribution is 2.32. The molecule has 0 spiro atoms. The van der Waals surface area contributed by atoms with Crippen LogP contribution in [0.4, 0.5) is 5.69 Å². The number of para-hydroxylation sites is 1. The van der Waals surface area contributed by atoms with Crippen molar-refractivity contribution in [3.05, 3.63) is 64.7 Å². The predicted octanol–water partition coefficient (Wildman–Crippen LogP) is 3.06. The summed E-state index contributed by atoms with van der Waals surface area (Å²) in [5.74, 6) is -0.0615. The summed E-state index contributed by atoms with van der Waals surface area (Å²) >= 11 is 5.84. The summed E-state index contributed by atoms with van der Waals surface area (Å²) in [4.78, 5) is 25.0. The van der Waals surface area contributed by atoms with Crippen LogP contribution in [0.25, 0.3) is 0 Å². The van der Waals surface area contributed by atoms with Crippen molar-refractivity contribution in [2.24, 2.45) is 11.7 Å². The fraction of sp³-hybridized carbons (Fsp3) is 0.263. The van der Waals surface area contributed by atoms with Crippen molar-refractivity contribution < 1.29 is 9.59 Å². The third-order valence-corrected chi connectivity index (χ3v) is 4.54. The van der Waals surface area contributed by atoms with Crippen molar-refractivity contribution in [2.45, 2.75) is 18.9 Å². The highest BCUT2D eigenvalue weighted by atomic mass is 35.5. The van der Waals surface area contributed by atoms with Crippen LogP contribution in [0, 0.1) is 5.92 Å². The molecule has 0 bridgehead atoms. The van der Waals surface area contributed by atoms with Crippen LogP contribution in [0.15, 0.2) is 48.5 Å². The first-order valence-electron chi connectivity index (χ1n) is 8.25. The van der Waals surface area contributed by atoms with Crippen LogP contribution in [0.3, 0.4) is 0 Å². The zero-order valence-corrected chi connectivity index (χ0v) is 14.4. The Morgan fingerprint density at radius 2 is 1.76 bits per heavy atom. The smallest absolute Gasteiger partial charge is 0.255 e. The second-order valence-electron chi connectivity index (χ2n) is 6.16. The largest absolute Gasteiger partial charge is 0.348 e. The van der Waals surface area contributed by atoms with Crippen molar-refractivity contribution in [3.8, 4) is 0 Å². The molecule has 3 rings (SSSR count). The van der Waals surface area contributed by atoms with Gasteiger partial charge in [-0.3, -0.25) is 9.59 Å². The zero-order valence-electron chi connectivity index (χ0n) is 13.7. The number of hydrogen-bond donors (Lipinski definition) is 3. The fourth-order valence-electron chi connectivity index (χ4n) is 2.70. The SMILES string of the molecule is NCC(NC(=O)c1ccccc1NC(=O)c1ccc(Cl)cc1)C1CC1. The van der Waals surface area contributed by atoms with Crippen molar-refractivity contribution >= 4 is 29.1 Å². The molecular weight excluding hydrogens is 338 g/mol. The quantitative estimate of drug-likeness (QED) is 0.742. The lowest BCUT2D eigenvalue weighted by Crippen LogP contribution is -2.42. The van der Waals surface area contributed by atoms with Gasteiger partial charge in [0.15, 0.2) is 0 Å². The van der Waals surface area contributed by atoms with Gasteiger partial charge in [-0.1, -0.05) is 23.7 Å². The Morgan fingerprint density at radius 3 is 2.40 bits per heavy atom. The van der Waals surface area contributed by atoms with E-state index in [-0.39, 0.29) is 17.9 Å². The van der Waals surface area contributed by atoms with E-state index in [1.54, 1.807) is 48.5 Å². The normalized spacial score (nSPS) is 14.6. The molecule has 130 valence electrons. The fourth-order valence-corrected chi connectivity index (χ4v) is 2.83. The Kier molecular flexibility index (Phi) is 5.36. The average Bonchev–Trinajstić information content (AvgIpc) is 3.45. The minimum absolute atomic E-state index is 0.0208. The van der Waals surface area contributed by atoms with E-state index >= 15 is 0 Å². The molecule has 2 amide bonds. The summed E-state index contributed by atoms with van der Waals surface area (Å²) in [6.07, 6.45) is 2.19. The van der Waals surface area contributed by atoms with Crippen LogP contribution in [0.2, 0.25) is 5.02 Å². The van der Waals surface area contributed by atoms with Gasteiger partial charge >= 0.3 is 0 Å². The molecule has 6 heteroatoms. The molecule has 0 aromatic heterocycles. The van der Waals surface area contributed by atoms with Crippen molar-refractivity contribution in [1.82, 2.24) is 5.32 Å². The van der Waals surface area contributed by atoms with Gasteiger partial charge in [-0.2, -0.15) is 0 Å². The molecule has 1 fully saturated rings. The number of rotatable bonds is 6. The first-order chi connectivity index (χ1) is 12.1. The highest BCUT2D eigenvalue weighted by Gasteiger charge is 2.31. The van der Waals surface area contributed by atoms with Gasteiger partial charge in [-0.15, -0.1) is 0 Å². The first kappa shape index (κ1) is 17.5. The minimum atomic E-state index is -0.297. The third-order valence-electron chi connectivity index (χ3n) is 4.29. The van der Waals surface area contributed by atoms with Gasteiger partial charge in [0.05, 0.1) is 11.3 Å². The number of halogens is 1. The van der Waals surface area contributed by atoms with Crippen LogP contribution in [0.1, 0.15) is 33.6 Å². The van der Waals surface area contributed by atoms with Crippen LogP contribution in [0.5, 0.6) is 0 Å². The molecule has 0 radical (unpaired) electrons. The number of anilines is 1. The van der Waals surface area contributed by atoms with E-state index in [2.05, 4.69) is 10.6 Å². The number of nitrogens with one attached hydrogen (secondary N) is 2. The molecule has 25 heavy (non-hydrogen) atoms. The molecule has 1 atom stereocenters. The van der Waals surface area contributed by atoms with E-state index in [0.29, 0.717) is 34.3 Å². The molecule has 0 saturated heterocycles. The van der Waals surface area contributed by atoms with Crippen molar-refractivity contribution in [3.63, 3.8) is 0 Å². The maximum Gasteiger partial charge on any atom is 0.255 e. The number of carbonyl (C=O) groups is 2. The maximum atomic E-state index is 12.6. The van der Waals surface area contributed by atoms with Crippen LogP contribution in [-0.4, -0.2) is 24.4 Å². The van der Waals surface area contributed by atoms with Crippen molar-refractivity contribution in [2.75, 3.05) is 11.9 Å². The van der Waals surface area contributed by atoms with Crippen LogP contribution >= 0.6 is 11.6 Å². The lowest BCUT2D eigenvalue weighted by molar-refractivity contribution is 0.0934. The Labute approximate surface area is 151 Å². The number of benzene rings is 2. The second-order valence-corrected chi connectivity index (χ2v) is 6.60. The summed E-state index contributed by atoms with van der Waals surface area (Å²) in [7, 11) is 0. The lowest BCUT2D eigenvalue weighted by Gasteiger charge is -2.17. The first-order valence-corrected chi connectivity index (χ1v) is 8.63.